The summed E-state index contributed by atoms with van der Waals surface area (Å²) >= 11 is 3.42. The highest BCUT2D eigenvalue weighted by atomic mass is 79.9. The van der Waals surface area contributed by atoms with Gasteiger partial charge in [-0.05, 0) is 54.4 Å². The summed E-state index contributed by atoms with van der Waals surface area (Å²) in [5.74, 6) is 0.679. The fourth-order valence-electron chi connectivity index (χ4n) is 2.92. The molecule has 1 atom stereocenters. The van der Waals surface area contributed by atoms with Crippen molar-refractivity contribution in [3.8, 4) is 5.75 Å². The van der Waals surface area contributed by atoms with Gasteiger partial charge in [-0.25, -0.2) is 9.65 Å². The Morgan fingerprint density at radius 1 is 1.24 bits per heavy atom. The van der Waals surface area contributed by atoms with Crippen molar-refractivity contribution in [2.75, 3.05) is 19.8 Å². The largest absolute Gasteiger partial charge is 0.486 e. The molecule has 1 aliphatic heterocycles. The average Bonchev–Trinajstić information content (AvgIpc) is 2.76. The van der Waals surface area contributed by atoms with E-state index >= 15 is 0 Å². The summed E-state index contributed by atoms with van der Waals surface area (Å²) < 4.78 is 40.8. The first kappa shape index (κ1) is 27.3. The molecule has 0 amide bonds. The first-order valence-electron chi connectivity index (χ1n) is 10.8. The number of carbonyl (C=O) groups excluding carboxylic acids is 1. The zero-order valence-electron chi connectivity index (χ0n) is 19.2. The third-order valence-corrected chi connectivity index (χ3v) is 6.93. The Kier molecular flexibility index (Phi) is 11.4. The van der Waals surface area contributed by atoms with E-state index in [4.69, 9.17) is 23.3 Å². The molecule has 182 valence electrons. The summed E-state index contributed by atoms with van der Waals surface area (Å²) in [6, 6.07) is 5.43. The number of hydrogen-bond acceptors (Lipinski definition) is 7. The standard InChI is InChI=1S/C23H31BrNO7P/c1-5-28-23(26)15-19-9-8-18(16-25-33(27,30-6-2)31-7-3)14-22(19)32-20-10-11-21(24)17(4)29-13-12-20/h8-9,11-14,20H,4-7,10,15-16H2,1-3H3,(H,25,27)/b13-12-,21-11+. The highest BCUT2D eigenvalue weighted by Crippen LogP contribution is 2.43. The molecular weight excluding hydrogens is 513 g/mol. The Bertz CT molecular complexity index is 921. The van der Waals surface area contributed by atoms with Crippen molar-refractivity contribution < 1.29 is 32.6 Å². The van der Waals surface area contributed by atoms with Crippen LogP contribution >= 0.6 is 23.7 Å². The average molecular weight is 544 g/mol. The minimum atomic E-state index is -3.42. The van der Waals surface area contributed by atoms with E-state index in [9.17, 15) is 9.36 Å². The topological polar surface area (TPSA) is 92.3 Å². The Balaban J connectivity index is 2.25. The maximum absolute atomic E-state index is 12.7. The van der Waals surface area contributed by atoms with Crippen molar-refractivity contribution in [3.63, 3.8) is 0 Å². The molecule has 1 unspecified atom stereocenters. The zero-order chi connectivity index (χ0) is 24.3. The molecule has 0 fully saturated rings. The number of ether oxygens (including phenoxy) is 3. The van der Waals surface area contributed by atoms with E-state index in [-0.39, 0.29) is 38.3 Å². The second-order valence-electron chi connectivity index (χ2n) is 6.91. The van der Waals surface area contributed by atoms with Crippen molar-refractivity contribution in [1.82, 2.24) is 5.09 Å². The monoisotopic (exact) mass is 543 g/mol. The summed E-state index contributed by atoms with van der Waals surface area (Å²) in [6.45, 7) is 10.1. The number of nitrogens with one attached hydrogen (secondary N) is 1. The predicted molar refractivity (Wildman–Crippen MR) is 130 cm³/mol. The maximum Gasteiger partial charge on any atom is 0.405 e. The lowest BCUT2D eigenvalue weighted by Crippen LogP contribution is -2.18. The molecule has 0 aromatic heterocycles. The highest BCUT2D eigenvalue weighted by Gasteiger charge is 2.23. The Hall–Kier alpha value is -1.90. The minimum absolute atomic E-state index is 0.0660. The van der Waals surface area contributed by atoms with Gasteiger partial charge in [-0.15, -0.1) is 0 Å². The number of allylic oxidation sites excluding steroid dienone is 1. The number of benzene rings is 1. The van der Waals surface area contributed by atoms with Crippen LogP contribution in [0.2, 0.25) is 0 Å². The lowest BCUT2D eigenvalue weighted by Gasteiger charge is -2.21. The maximum atomic E-state index is 12.7. The molecule has 0 saturated carbocycles. The van der Waals surface area contributed by atoms with Crippen LogP contribution in [-0.4, -0.2) is 31.9 Å². The van der Waals surface area contributed by atoms with E-state index in [1.807, 2.05) is 12.1 Å². The third kappa shape index (κ3) is 9.10. The number of halogens is 1. The highest BCUT2D eigenvalue weighted by molar-refractivity contribution is 9.11. The van der Waals surface area contributed by atoms with Gasteiger partial charge in [-0.2, -0.15) is 0 Å². The molecule has 10 heteroatoms. The predicted octanol–water partition coefficient (Wildman–Crippen LogP) is 5.54. The van der Waals surface area contributed by atoms with E-state index in [1.165, 1.54) is 6.26 Å². The van der Waals surface area contributed by atoms with Crippen molar-refractivity contribution >= 4 is 29.6 Å². The molecular formula is C23H31BrNO7P. The smallest absolute Gasteiger partial charge is 0.405 e. The van der Waals surface area contributed by atoms with Gasteiger partial charge in [-0.1, -0.05) is 24.8 Å². The molecule has 0 aliphatic carbocycles. The van der Waals surface area contributed by atoms with Crippen LogP contribution in [0.15, 0.2) is 53.4 Å². The van der Waals surface area contributed by atoms with Crippen LogP contribution in [0.4, 0.5) is 0 Å². The summed E-state index contributed by atoms with van der Waals surface area (Å²) in [4.78, 5) is 12.1. The van der Waals surface area contributed by atoms with Crippen LogP contribution < -0.4 is 9.82 Å². The summed E-state index contributed by atoms with van der Waals surface area (Å²) in [5.41, 5.74) is 1.47. The fourth-order valence-corrected chi connectivity index (χ4v) is 4.51. The Morgan fingerprint density at radius 2 is 1.97 bits per heavy atom. The first-order valence-corrected chi connectivity index (χ1v) is 13.1. The Morgan fingerprint density at radius 3 is 2.64 bits per heavy atom. The van der Waals surface area contributed by atoms with Gasteiger partial charge in [-0.3, -0.25) is 13.8 Å². The van der Waals surface area contributed by atoms with Crippen LogP contribution in [0.1, 0.15) is 38.3 Å². The van der Waals surface area contributed by atoms with Crippen molar-refractivity contribution in [1.29, 1.82) is 0 Å². The van der Waals surface area contributed by atoms with Crippen molar-refractivity contribution in [2.24, 2.45) is 0 Å². The van der Waals surface area contributed by atoms with Gasteiger partial charge in [0.1, 0.15) is 17.6 Å². The van der Waals surface area contributed by atoms with Crippen molar-refractivity contribution in [2.45, 2.75) is 46.3 Å². The SMILES string of the molecule is C=C1O/C=C\C(Oc2cc(CNP(=O)(OCC)OCC)ccc2CC(=O)OCC)C/C=C\1Br. The molecule has 1 aliphatic rings. The van der Waals surface area contributed by atoms with Gasteiger partial charge in [0, 0.05) is 18.5 Å². The molecule has 1 aromatic carbocycles. The van der Waals surface area contributed by atoms with Crippen molar-refractivity contribution in [3.05, 3.63) is 64.6 Å². The number of carbonyl (C=O) groups is 1. The van der Waals surface area contributed by atoms with Gasteiger partial charge in [0.15, 0.2) is 0 Å². The minimum Gasteiger partial charge on any atom is -0.486 e. The normalized spacial score (nSPS) is 19.0. The second-order valence-corrected chi connectivity index (χ2v) is 9.59. The van der Waals surface area contributed by atoms with Gasteiger partial charge < -0.3 is 14.2 Å². The van der Waals surface area contributed by atoms with Crippen LogP contribution in [0.3, 0.4) is 0 Å². The van der Waals surface area contributed by atoms with Gasteiger partial charge >= 0.3 is 13.7 Å². The molecule has 2 rings (SSSR count). The summed E-state index contributed by atoms with van der Waals surface area (Å²) in [7, 11) is -3.42. The molecule has 1 heterocycles. The van der Waals surface area contributed by atoms with Crippen LogP contribution in [0.25, 0.3) is 0 Å². The molecule has 1 aromatic rings. The number of hydrogen-bond donors (Lipinski definition) is 1. The summed E-state index contributed by atoms with van der Waals surface area (Å²) in [6.07, 6.45) is 5.50. The first-order chi connectivity index (χ1) is 15.8. The number of esters is 1. The van der Waals surface area contributed by atoms with Gasteiger partial charge in [0.05, 0.1) is 37.0 Å². The van der Waals surface area contributed by atoms with E-state index in [0.29, 0.717) is 30.1 Å². The molecule has 0 spiro atoms. The van der Waals surface area contributed by atoms with Crippen LogP contribution in [0, 0.1) is 0 Å². The molecule has 0 saturated heterocycles. The fraction of sp³-hybridized carbons (Fsp3) is 0.435. The Labute approximate surface area is 203 Å². The third-order valence-electron chi connectivity index (χ3n) is 4.42. The van der Waals surface area contributed by atoms with Crippen LogP contribution in [-0.2, 0) is 40.8 Å². The van der Waals surface area contributed by atoms with E-state index in [2.05, 4.69) is 27.6 Å². The molecule has 1 N–H and O–H groups in total. The van der Waals surface area contributed by atoms with Gasteiger partial charge in [0.25, 0.3) is 0 Å². The lowest BCUT2D eigenvalue weighted by atomic mass is 10.1. The second kappa shape index (κ2) is 13.7. The van der Waals surface area contributed by atoms with Crippen LogP contribution in [0.5, 0.6) is 5.75 Å². The molecule has 0 radical (unpaired) electrons. The van der Waals surface area contributed by atoms with E-state index in [1.54, 1.807) is 39.0 Å². The number of rotatable bonds is 12. The van der Waals surface area contributed by atoms with E-state index in [0.717, 1.165) is 10.0 Å². The van der Waals surface area contributed by atoms with Gasteiger partial charge in [0.2, 0.25) is 0 Å². The summed E-state index contributed by atoms with van der Waals surface area (Å²) in [5, 5.41) is 2.86. The molecule has 8 nitrogen and oxygen atoms in total. The quantitative estimate of drug-likeness (QED) is 0.271. The van der Waals surface area contributed by atoms with E-state index < -0.39 is 7.75 Å². The lowest BCUT2D eigenvalue weighted by molar-refractivity contribution is -0.142. The molecule has 0 bridgehead atoms. The zero-order valence-corrected chi connectivity index (χ0v) is 21.7. The molecule has 33 heavy (non-hydrogen) atoms.